The Kier molecular flexibility index (Phi) is 5.50. The highest BCUT2D eigenvalue weighted by Crippen LogP contribution is 2.25. The van der Waals surface area contributed by atoms with E-state index in [0.717, 1.165) is 25.1 Å². The first-order valence-electron chi connectivity index (χ1n) is 8.60. The zero-order valence-corrected chi connectivity index (χ0v) is 14.8. The number of carbonyl (C=O) groups excluding carboxylic acids is 1. The number of oxazole rings is 1. The molecule has 2 heterocycles. The molecule has 6 nitrogen and oxygen atoms in total. The predicted octanol–water partition coefficient (Wildman–Crippen LogP) is 1.97. The number of hydrogen-bond donors (Lipinski definition) is 1. The molecule has 1 aromatic carbocycles. The van der Waals surface area contributed by atoms with Crippen LogP contribution >= 0.6 is 0 Å². The average molecular weight is 343 g/mol. The van der Waals surface area contributed by atoms with Crippen LogP contribution in [0.2, 0.25) is 0 Å². The lowest BCUT2D eigenvalue weighted by molar-refractivity contribution is 0.0478. The van der Waals surface area contributed by atoms with Crippen molar-refractivity contribution < 1.29 is 14.3 Å². The van der Waals surface area contributed by atoms with E-state index in [1.54, 1.807) is 6.20 Å². The number of nitrogens with zero attached hydrogens (tertiary/aromatic N) is 3. The van der Waals surface area contributed by atoms with E-state index >= 15 is 0 Å². The van der Waals surface area contributed by atoms with Crippen molar-refractivity contribution in [1.29, 1.82) is 0 Å². The van der Waals surface area contributed by atoms with Gasteiger partial charge in [-0.15, -0.1) is 0 Å². The zero-order valence-electron chi connectivity index (χ0n) is 14.8. The molecule has 3 rings (SSSR count). The van der Waals surface area contributed by atoms with Crippen LogP contribution in [0.4, 0.5) is 0 Å². The van der Waals surface area contributed by atoms with Gasteiger partial charge in [0, 0.05) is 37.4 Å². The molecular formula is C19H25N3O3. The Morgan fingerprint density at radius 2 is 2.00 bits per heavy atom. The molecule has 0 radical (unpaired) electrons. The summed E-state index contributed by atoms with van der Waals surface area (Å²) in [4.78, 5) is 20.8. The highest BCUT2D eigenvalue weighted by molar-refractivity contribution is 5.94. The second kappa shape index (κ2) is 7.80. The summed E-state index contributed by atoms with van der Waals surface area (Å²) in [6, 6.07) is 7.39. The van der Waals surface area contributed by atoms with Crippen molar-refractivity contribution in [2.45, 2.75) is 6.42 Å². The number of hydrogen-bond acceptors (Lipinski definition) is 5. The Morgan fingerprint density at radius 3 is 2.60 bits per heavy atom. The minimum absolute atomic E-state index is 0.0195. The summed E-state index contributed by atoms with van der Waals surface area (Å²) in [6.45, 7) is 2.39. The number of carbonyl (C=O) groups is 1. The predicted molar refractivity (Wildman–Crippen MR) is 95.1 cm³/mol. The number of amides is 1. The summed E-state index contributed by atoms with van der Waals surface area (Å²) in [5.74, 6) is 1.24. The molecule has 1 N–H and O–H groups in total. The fourth-order valence-corrected chi connectivity index (χ4v) is 3.58. The molecule has 1 fully saturated rings. The van der Waals surface area contributed by atoms with E-state index < -0.39 is 0 Å². The topological polar surface area (TPSA) is 69.8 Å². The van der Waals surface area contributed by atoms with Crippen molar-refractivity contribution in [2.75, 3.05) is 40.3 Å². The fourth-order valence-electron chi connectivity index (χ4n) is 3.58. The average Bonchev–Trinajstić information content (AvgIpc) is 3.15. The largest absolute Gasteiger partial charge is 0.444 e. The van der Waals surface area contributed by atoms with Crippen LogP contribution in [0, 0.1) is 11.8 Å². The molecule has 0 spiro atoms. The molecule has 0 unspecified atom stereocenters. The van der Waals surface area contributed by atoms with Gasteiger partial charge in [-0.2, -0.15) is 0 Å². The molecule has 0 saturated carbocycles. The van der Waals surface area contributed by atoms with Crippen molar-refractivity contribution in [3.8, 4) is 11.3 Å². The number of aromatic nitrogens is 1. The third kappa shape index (κ3) is 4.27. The zero-order chi connectivity index (χ0) is 17.8. The molecule has 2 aromatic rings. The normalized spacial score (nSPS) is 20.9. The van der Waals surface area contributed by atoms with Gasteiger partial charge in [-0.25, -0.2) is 4.98 Å². The van der Waals surface area contributed by atoms with Crippen molar-refractivity contribution in [1.82, 2.24) is 14.8 Å². The highest BCUT2D eigenvalue weighted by Gasteiger charge is 2.30. The summed E-state index contributed by atoms with van der Waals surface area (Å²) in [5, 5.41) is 9.59. The van der Waals surface area contributed by atoms with E-state index in [-0.39, 0.29) is 18.4 Å². The monoisotopic (exact) mass is 343 g/mol. The smallest absolute Gasteiger partial charge is 0.253 e. The van der Waals surface area contributed by atoms with Crippen LogP contribution < -0.4 is 0 Å². The van der Waals surface area contributed by atoms with Gasteiger partial charge < -0.3 is 19.3 Å². The highest BCUT2D eigenvalue weighted by atomic mass is 16.3. The van der Waals surface area contributed by atoms with Crippen LogP contribution in [-0.4, -0.2) is 66.1 Å². The fraction of sp³-hybridized carbons (Fsp3) is 0.474. The third-order valence-electron chi connectivity index (χ3n) is 4.64. The van der Waals surface area contributed by atoms with Gasteiger partial charge in [0.05, 0.1) is 6.20 Å². The Morgan fingerprint density at radius 1 is 1.28 bits per heavy atom. The summed E-state index contributed by atoms with van der Waals surface area (Å²) in [7, 11) is 4.08. The van der Waals surface area contributed by atoms with Gasteiger partial charge in [-0.3, -0.25) is 4.79 Å². The lowest BCUT2D eigenvalue weighted by atomic mass is 9.89. The van der Waals surface area contributed by atoms with E-state index in [1.165, 1.54) is 6.39 Å². The van der Waals surface area contributed by atoms with E-state index in [9.17, 15) is 9.90 Å². The van der Waals surface area contributed by atoms with E-state index in [0.29, 0.717) is 23.8 Å². The SMILES string of the molecule is CN(C)C[C@@H]1C[C@@H](CO)CN(C(=O)c2ccc(-c3cnco3)cc2)C1. The maximum Gasteiger partial charge on any atom is 0.253 e. The Bertz CT molecular complexity index is 682. The van der Waals surface area contributed by atoms with E-state index in [4.69, 9.17) is 4.42 Å². The van der Waals surface area contributed by atoms with Crippen LogP contribution in [0.1, 0.15) is 16.8 Å². The number of likely N-dealkylation sites (tertiary alicyclic amines) is 1. The number of rotatable bonds is 5. The van der Waals surface area contributed by atoms with Crippen molar-refractivity contribution in [3.05, 3.63) is 42.4 Å². The second-order valence-electron chi connectivity index (χ2n) is 7.07. The Labute approximate surface area is 148 Å². The quantitative estimate of drug-likeness (QED) is 0.899. The minimum atomic E-state index is 0.0195. The third-order valence-corrected chi connectivity index (χ3v) is 4.64. The van der Waals surface area contributed by atoms with Crippen molar-refractivity contribution in [2.24, 2.45) is 11.8 Å². The first-order chi connectivity index (χ1) is 12.1. The number of benzene rings is 1. The number of piperidine rings is 1. The second-order valence-corrected chi connectivity index (χ2v) is 7.07. The molecule has 1 aromatic heterocycles. The van der Waals surface area contributed by atoms with Gasteiger partial charge in [0.25, 0.3) is 5.91 Å². The number of aliphatic hydroxyl groups excluding tert-OH is 1. The van der Waals surface area contributed by atoms with Crippen LogP contribution in [-0.2, 0) is 0 Å². The summed E-state index contributed by atoms with van der Waals surface area (Å²) in [5.41, 5.74) is 1.55. The summed E-state index contributed by atoms with van der Waals surface area (Å²) < 4.78 is 5.28. The molecule has 0 aliphatic carbocycles. The van der Waals surface area contributed by atoms with Gasteiger partial charge >= 0.3 is 0 Å². The first kappa shape index (κ1) is 17.6. The van der Waals surface area contributed by atoms with Gasteiger partial charge in [0.1, 0.15) is 0 Å². The Hall–Kier alpha value is -2.18. The molecule has 1 aliphatic rings. The molecule has 1 amide bonds. The van der Waals surface area contributed by atoms with Gasteiger partial charge in [-0.1, -0.05) is 12.1 Å². The lowest BCUT2D eigenvalue weighted by Gasteiger charge is -2.38. The molecule has 1 aliphatic heterocycles. The van der Waals surface area contributed by atoms with Gasteiger partial charge in [0.15, 0.2) is 12.2 Å². The molecule has 25 heavy (non-hydrogen) atoms. The number of aliphatic hydroxyl groups is 1. The summed E-state index contributed by atoms with van der Waals surface area (Å²) in [6.07, 6.45) is 4.00. The van der Waals surface area contributed by atoms with E-state index in [1.807, 2.05) is 43.3 Å². The van der Waals surface area contributed by atoms with Crippen molar-refractivity contribution >= 4 is 5.91 Å². The molecular weight excluding hydrogens is 318 g/mol. The van der Waals surface area contributed by atoms with Crippen LogP contribution in [0.5, 0.6) is 0 Å². The maximum absolute atomic E-state index is 12.9. The molecule has 134 valence electrons. The van der Waals surface area contributed by atoms with Crippen LogP contribution in [0.25, 0.3) is 11.3 Å². The minimum Gasteiger partial charge on any atom is -0.444 e. The van der Waals surface area contributed by atoms with Crippen LogP contribution in [0.3, 0.4) is 0 Å². The molecule has 6 heteroatoms. The van der Waals surface area contributed by atoms with Crippen LogP contribution in [0.15, 0.2) is 41.3 Å². The summed E-state index contributed by atoms with van der Waals surface area (Å²) >= 11 is 0. The first-order valence-corrected chi connectivity index (χ1v) is 8.60. The van der Waals surface area contributed by atoms with Gasteiger partial charge in [-0.05, 0) is 44.5 Å². The molecule has 1 saturated heterocycles. The van der Waals surface area contributed by atoms with E-state index in [2.05, 4.69) is 9.88 Å². The molecule has 2 atom stereocenters. The lowest BCUT2D eigenvalue weighted by Crippen LogP contribution is -2.47. The van der Waals surface area contributed by atoms with Crippen molar-refractivity contribution in [3.63, 3.8) is 0 Å². The molecule has 0 bridgehead atoms. The van der Waals surface area contributed by atoms with Gasteiger partial charge in [0.2, 0.25) is 0 Å². The standard InChI is InChI=1S/C19H25N3O3/c1-21(2)9-14-7-15(12-23)11-22(10-14)19(24)17-5-3-16(4-6-17)18-8-20-13-25-18/h3-6,8,13-15,23H,7,9-12H2,1-2H3/t14-,15+/m0/s1. The maximum atomic E-state index is 12.9. The Balaban J connectivity index is 1.72.